The molecule has 0 aromatic carbocycles. The zero-order valence-electron chi connectivity index (χ0n) is 13.4. The fourth-order valence-electron chi connectivity index (χ4n) is 3.30. The molecule has 0 bridgehead atoms. The Bertz CT molecular complexity index is 525. The summed E-state index contributed by atoms with van der Waals surface area (Å²) in [6, 6.07) is 0. The van der Waals surface area contributed by atoms with E-state index in [0.717, 1.165) is 17.0 Å². The van der Waals surface area contributed by atoms with Gasteiger partial charge in [-0.25, -0.2) is 0 Å². The van der Waals surface area contributed by atoms with Crippen LogP contribution in [-0.4, -0.2) is 28.7 Å². The number of carbonyl (C=O) groups excluding carboxylic acids is 1. The Morgan fingerprint density at radius 3 is 2.36 bits per heavy atom. The molecular formula is C16H24N2O4. The summed E-state index contributed by atoms with van der Waals surface area (Å²) in [7, 11) is 0. The summed E-state index contributed by atoms with van der Waals surface area (Å²) in [5.74, 6) is -0.127. The third-order valence-corrected chi connectivity index (χ3v) is 4.61. The van der Waals surface area contributed by atoms with E-state index in [1.807, 2.05) is 20.8 Å². The van der Waals surface area contributed by atoms with Gasteiger partial charge in [-0.05, 0) is 39.5 Å². The van der Waals surface area contributed by atoms with Crippen molar-refractivity contribution in [2.24, 2.45) is 11.8 Å². The first-order valence-corrected chi connectivity index (χ1v) is 7.83. The Labute approximate surface area is 130 Å². The van der Waals surface area contributed by atoms with Crippen LogP contribution in [0.1, 0.15) is 55.5 Å². The van der Waals surface area contributed by atoms with E-state index >= 15 is 0 Å². The van der Waals surface area contributed by atoms with E-state index in [1.54, 1.807) is 0 Å². The van der Waals surface area contributed by atoms with Crippen molar-refractivity contribution in [3.05, 3.63) is 17.0 Å². The largest absolute Gasteiger partial charge is 0.481 e. The number of rotatable bonds is 5. The summed E-state index contributed by atoms with van der Waals surface area (Å²) in [5.41, 5.74) is 1.91. The van der Waals surface area contributed by atoms with Gasteiger partial charge in [0.15, 0.2) is 0 Å². The molecule has 122 valence electrons. The molecule has 0 radical (unpaired) electrons. The van der Waals surface area contributed by atoms with Crippen molar-refractivity contribution in [3.8, 4) is 0 Å². The monoisotopic (exact) mass is 308 g/mol. The first kappa shape index (κ1) is 16.5. The molecule has 1 fully saturated rings. The average molecular weight is 308 g/mol. The normalized spacial score (nSPS) is 23.0. The maximum absolute atomic E-state index is 12.2. The van der Waals surface area contributed by atoms with Crippen LogP contribution in [0.2, 0.25) is 0 Å². The molecule has 1 aromatic heterocycles. The molecule has 0 spiro atoms. The van der Waals surface area contributed by atoms with Gasteiger partial charge in [0.2, 0.25) is 5.91 Å². The quantitative estimate of drug-likeness (QED) is 0.871. The Balaban J connectivity index is 1.82. The molecule has 0 saturated heterocycles. The van der Waals surface area contributed by atoms with Crippen LogP contribution < -0.4 is 5.32 Å². The van der Waals surface area contributed by atoms with Crippen molar-refractivity contribution in [1.29, 1.82) is 0 Å². The molecule has 1 aliphatic rings. The highest BCUT2D eigenvalue weighted by Crippen LogP contribution is 2.29. The Kier molecular flexibility index (Phi) is 5.21. The number of nitrogens with zero attached hydrogens (tertiary/aromatic N) is 1. The van der Waals surface area contributed by atoms with Crippen molar-refractivity contribution >= 4 is 11.9 Å². The molecule has 6 heteroatoms. The SMILES string of the molecule is Cc1noc(C)c1C(C)CNC(=O)C1CCC(C(=O)O)CC1. The van der Waals surface area contributed by atoms with Crippen LogP contribution in [-0.2, 0) is 9.59 Å². The van der Waals surface area contributed by atoms with Gasteiger partial charge in [-0.1, -0.05) is 12.1 Å². The molecule has 1 atom stereocenters. The van der Waals surface area contributed by atoms with Crippen LogP contribution in [0, 0.1) is 25.7 Å². The van der Waals surface area contributed by atoms with E-state index in [-0.39, 0.29) is 23.7 Å². The first-order valence-electron chi connectivity index (χ1n) is 7.83. The molecule has 2 N–H and O–H groups in total. The van der Waals surface area contributed by atoms with Crippen LogP contribution in [0.5, 0.6) is 0 Å². The second-order valence-electron chi connectivity index (χ2n) is 6.27. The van der Waals surface area contributed by atoms with Gasteiger partial charge < -0.3 is 14.9 Å². The Morgan fingerprint density at radius 2 is 1.86 bits per heavy atom. The molecule has 1 aliphatic carbocycles. The fourth-order valence-corrected chi connectivity index (χ4v) is 3.30. The van der Waals surface area contributed by atoms with Gasteiger partial charge in [-0.3, -0.25) is 9.59 Å². The van der Waals surface area contributed by atoms with Gasteiger partial charge in [0, 0.05) is 23.9 Å². The highest BCUT2D eigenvalue weighted by Gasteiger charge is 2.30. The Hall–Kier alpha value is -1.85. The maximum Gasteiger partial charge on any atom is 0.306 e. The number of aromatic nitrogens is 1. The number of nitrogens with one attached hydrogen (secondary N) is 1. The number of hydrogen-bond donors (Lipinski definition) is 2. The fraction of sp³-hybridized carbons (Fsp3) is 0.688. The van der Waals surface area contributed by atoms with E-state index in [2.05, 4.69) is 10.5 Å². The molecule has 2 rings (SSSR count). The smallest absolute Gasteiger partial charge is 0.306 e. The van der Waals surface area contributed by atoms with Crippen LogP contribution in [0.15, 0.2) is 4.52 Å². The molecule has 1 heterocycles. The summed E-state index contributed by atoms with van der Waals surface area (Å²) in [4.78, 5) is 23.1. The third kappa shape index (κ3) is 3.67. The zero-order chi connectivity index (χ0) is 16.3. The molecule has 22 heavy (non-hydrogen) atoms. The molecule has 1 unspecified atom stereocenters. The van der Waals surface area contributed by atoms with Gasteiger partial charge in [0.25, 0.3) is 0 Å². The molecule has 6 nitrogen and oxygen atoms in total. The lowest BCUT2D eigenvalue weighted by Crippen LogP contribution is -2.36. The van der Waals surface area contributed by atoms with Crippen molar-refractivity contribution < 1.29 is 19.2 Å². The molecule has 0 aliphatic heterocycles. The molecular weight excluding hydrogens is 284 g/mol. The lowest BCUT2D eigenvalue weighted by Gasteiger charge is -2.25. The average Bonchev–Trinajstić information content (AvgIpc) is 2.83. The molecule has 1 amide bonds. The van der Waals surface area contributed by atoms with E-state index in [9.17, 15) is 9.59 Å². The minimum atomic E-state index is -0.745. The number of amides is 1. The number of carbonyl (C=O) groups is 2. The van der Waals surface area contributed by atoms with Gasteiger partial charge in [-0.15, -0.1) is 0 Å². The summed E-state index contributed by atoms with van der Waals surface area (Å²) < 4.78 is 5.16. The summed E-state index contributed by atoms with van der Waals surface area (Å²) in [6.45, 7) is 6.35. The number of carboxylic acid groups (broad SMARTS) is 1. The first-order chi connectivity index (χ1) is 10.4. The van der Waals surface area contributed by atoms with Crippen LogP contribution in [0.3, 0.4) is 0 Å². The number of aryl methyl sites for hydroxylation is 2. The van der Waals surface area contributed by atoms with Crippen LogP contribution in [0.4, 0.5) is 0 Å². The van der Waals surface area contributed by atoms with Crippen molar-refractivity contribution in [1.82, 2.24) is 10.5 Å². The van der Waals surface area contributed by atoms with Crippen LogP contribution >= 0.6 is 0 Å². The highest BCUT2D eigenvalue weighted by molar-refractivity contribution is 5.79. The lowest BCUT2D eigenvalue weighted by atomic mass is 9.81. The second kappa shape index (κ2) is 6.94. The molecule has 1 saturated carbocycles. The predicted octanol–water partition coefficient (Wildman–Crippen LogP) is 2.40. The highest BCUT2D eigenvalue weighted by atomic mass is 16.5. The summed E-state index contributed by atoms with van der Waals surface area (Å²) in [5, 5.41) is 15.9. The summed E-state index contributed by atoms with van der Waals surface area (Å²) >= 11 is 0. The van der Waals surface area contributed by atoms with Crippen molar-refractivity contribution in [2.75, 3.05) is 6.54 Å². The minimum Gasteiger partial charge on any atom is -0.481 e. The van der Waals surface area contributed by atoms with E-state index in [0.29, 0.717) is 32.2 Å². The lowest BCUT2D eigenvalue weighted by molar-refractivity contribution is -0.144. The summed E-state index contributed by atoms with van der Waals surface area (Å²) in [6.07, 6.45) is 2.49. The second-order valence-corrected chi connectivity index (χ2v) is 6.27. The van der Waals surface area contributed by atoms with E-state index in [1.165, 1.54) is 0 Å². The maximum atomic E-state index is 12.2. The Morgan fingerprint density at radius 1 is 1.27 bits per heavy atom. The van der Waals surface area contributed by atoms with E-state index < -0.39 is 5.97 Å². The van der Waals surface area contributed by atoms with E-state index in [4.69, 9.17) is 9.63 Å². The van der Waals surface area contributed by atoms with Gasteiger partial charge in [0.05, 0.1) is 11.6 Å². The minimum absolute atomic E-state index is 0.0300. The van der Waals surface area contributed by atoms with Gasteiger partial charge in [-0.2, -0.15) is 0 Å². The van der Waals surface area contributed by atoms with Gasteiger partial charge in [0.1, 0.15) is 5.76 Å². The van der Waals surface area contributed by atoms with Gasteiger partial charge >= 0.3 is 5.97 Å². The third-order valence-electron chi connectivity index (χ3n) is 4.61. The number of carboxylic acids is 1. The zero-order valence-corrected chi connectivity index (χ0v) is 13.4. The predicted molar refractivity (Wildman–Crippen MR) is 80.5 cm³/mol. The van der Waals surface area contributed by atoms with Crippen LogP contribution in [0.25, 0.3) is 0 Å². The number of aliphatic carboxylic acids is 1. The topological polar surface area (TPSA) is 92.4 Å². The molecule has 1 aromatic rings. The number of hydrogen-bond acceptors (Lipinski definition) is 4. The van der Waals surface area contributed by atoms with Crippen molar-refractivity contribution in [2.45, 2.75) is 52.4 Å². The van der Waals surface area contributed by atoms with Crippen molar-refractivity contribution in [3.63, 3.8) is 0 Å². The standard InChI is InChI=1S/C16H24N2O4/c1-9(14-10(2)18-22-11(14)3)8-17-15(19)12-4-6-13(7-5-12)16(20)21/h9,12-13H,4-8H2,1-3H3,(H,17,19)(H,20,21).